The van der Waals surface area contributed by atoms with E-state index in [1.165, 1.54) is 0 Å². The van der Waals surface area contributed by atoms with Gasteiger partial charge in [-0.25, -0.2) is 0 Å². The third kappa shape index (κ3) is 3.79. The second-order valence-electron chi connectivity index (χ2n) is 4.84. The van der Waals surface area contributed by atoms with Crippen LogP contribution in [0.5, 0.6) is 0 Å². The molecular weight excluding hydrogens is 246 g/mol. The molecule has 0 heterocycles. The van der Waals surface area contributed by atoms with Crippen LogP contribution in [0.2, 0.25) is 0 Å². The molecule has 0 bridgehead atoms. The van der Waals surface area contributed by atoms with Gasteiger partial charge in [0.15, 0.2) is 0 Å². The van der Waals surface area contributed by atoms with Crippen LogP contribution < -0.4 is 5.32 Å². The number of rotatable bonds is 7. The van der Waals surface area contributed by atoms with Crippen LogP contribution in [0.15, 0.2) is 30.3 Å². The zero-order valence-corrected chi connectivity index (χ0v) is 10.6. The van der Waals surface area contributed by atoms with E-state index < -0.39 is 11.4 Å². The number of carboxylic acids is 1. The molecule has 5 heteroatoms. The normalized spacial score (nSPS) is 15.8. The summed E-state index contributed by atoms with van der Waals surface area (Å²) in [5.74, 6) is -1.11. The zero-order valence-electron chi connectivity index (χ0n) is 10.6. The van der Waals surface area contributed by atoms with Gasteiger partial charge in [0.1, 0.15) is 6.61 Å². The quantitative estimate of drug-likeness (QED) is 0.774. The van der Waals surface area contributed by atoms with Gasteiger partial charge in [-0.15, -0.1) is 0 Å². The molecule has 2 N–H and O–H groups in total. The fraction of sp³-hybridized carbons (Fsp3) is 0.429. The van der Waals surface area contributed by atoms with Gasteiger partial charge in [0, 0.05) is 6.54 Å². The number of ether oxygens (including phenoxy) is 1. The summed E-state index contributed by atoms with van der Waals surface area (Å²) >= 11 is 0. The summed E-state index contributed by atoms with van der Waals surface area (Å²) in [7, 11) is 0. The van der Waals surface area contributed by atoms with Gasteiger partial charge < -0.3 is 15.2 Å². The van der Waals surface area contributed by atoms with E-state index in [1.54, 1.807) is 0 Å². The Hall–Kier alpha value is -1.88. The van der Waals surface area contributed by atoms with Crippen molar-refractivity contribution in [3.8, 4) is 0 Å². The number of carbonyl (C=O) groups excluding carboxylic acids is 1. The molecule has 0 aliphatic heterocycles. The maximum atomic E-state index is 11.5. The number of hydrogen-bond acceptors (Lipinski definition) is 3. The van der Waals surface area contributed by atoms with Gasteiger partial charge >= 0.3 is 5.97 Å². The lowest BCUT2D eigenvalue weighted by molar-refractivity contribution is -0.143. The first-order valence-electron chi connectivity index (χ1n) is 6.24. The van der Waals surface area contributed by atoms with E-state index in [0.717, 1.165) is 5.56 Å². The van der Waals surface area contributed by atoms with Crippen molar-refractivity contribution < 1.29 is 19.4 Å². The molecule has 0 saturated heterocycles. The van der Waals surface area contributed by atoms with E-state index in [-0.39, 0.29) is 19.1 Å². The first kappa shape index (κ1) is 13.5. The average molecular weight is 263 g/mol. The Labute approximate surface area is 111 Å². The highest BCUT2D eigenvalue weighted by atomic mass is 16.5. The molecule has 102 valence electrons. The van der Waals surface area contributed by atoms with Crippen LogP contribution in [0.1, 0.15) is 18.4 Å². The van der Waals surface area contributed by atoms with Crippen molar-refractivity contribution in [3.63, 3.8) is 0 Å². The van der Waals surface area contributed by atoms with E-state index in [0.29, 0.717) is 19.4 Å². The summed E-state index contributed by atoms with van der Waals surface area (Å²) < 4.78 is 5.27. The van der Waals surface area contributed by atoms with Crippen LogP contribution in [-0.4, -0.2) is 30.1 Å². The molecule has 5 nitrogen and oxygen atoms in total. The molecule has 1 aliphatic carbocycles. The van der Waals surface area contributed by atoms with Crippen LogP contribution in [0.4, 0.5) is 0 Å². The van der Waals surface area contributed by atoms with E-state index in [4.69, 9.17) is 9.84 Å². The lowest BCUT2D eigenvalue weighted by Gasteiger charge is -2.11. The Balaban J connectivity index is 1.64. The Morgan fingerprint density at radius 1 is 1.26 bits per heavy atom. The van der Waals surface area contributed by atoms with E-state index in [2.05, 4.69) is 5.32 Å². The molecule has 1 aromatic carbocycles. The van der Waals surface area contributed by atoms with Crippen LogP contribution in [0.3, 0.4) is 0 Å². The third-order valence-corrected chi connectivity index (χ3v) is 3.28. The van der Waals surface area contributed by atoms with Crippen molar-refractivity contribution in [1.29, 1.82) is 0 Å². The minimum Gasteiger partial charge on any atom is -0.481 e. The Morgan fingerprint density at radius 3 is 2.53 bits per heavy atom. The van der Waals surface area contributed by atoms with Gasteiger partial charge in [0.05, 0.1) is 12.0 Å². The molecule has 19 heavy (non-hydrogen) atoms. The van der Waals surface area contributed by atoms with Gasteiger partial charge in [-0.2, -0.15) is 0 Å². The predicted molar refractivity (Wildman–Crippen MR) is 68.4 cm³/mol. The SMILES string of the molecule is O=C(COCc1ccccc1)NCC1(C(=O)O)CC1. The number of aliphatic carboxylic acids is 1. The molecule has 0 aromatic heterocycles. The van der Waals surface area contributed by atoms with Crippen molar-refractivity contribution in [2.75, 3.05) is 13.2 Å². The summed E-state index contributed by atoms with van der Waals surface area (Å²) in [6, 6.07) is 9.56. The maximum absolute atomic E-state index is 11.5. The van der Waals surface area contributed by atoms with Crippen LogP contribution >= 0.6 is 0 Å². The summed E-state index contributed by atoms with van der Waals surface area (Å²) in [5.41, 5.74) is 0.272. The lowest BCUT2D eigenvalue weighted by Crippen LogP contribution is -2.36. The largest absolute Gasteiger partial charge is 0.481 e. The molecular formula is C14H17NO4. The minimum atomic E-state index is -0.835. The maximum Gasteiger partial charge on any atom is 0.311 e. The number of hydrogen-bond donors (Lipinski definition) is 2. The van der Waals surface area contributed by atoms with Crippen LogP contribution in [0.25, 0.3) is 0 Å². The number of carboxylic acid groups (broad SMARTS) is 1. The van der Waals surface area contributed by atoms with Gasteiger partial charge in [0.2, 0.25) is 5.91 Å². The van der Waals surface area contributed by atoms with Crippen molar-refractivity contribution in [3.05, 3.63) is 35.9 Å². The summed E-state index contributed by atoms with van der Waals surface area (Å²) in [6.45, 7) is 0.513. The van der Waals surface area contributed by atoms with E-state index in [1.807, 2.05) is 30.3 Å². The number of benzene rings is 1. The first-order chi connectivity index (χ1) is 9.12. The molecule has 0 atom stereocenters. The van der Waals surface area contributed by atoms with E-state index >= 15 is 0 Å². The van der Waals surface area contributed by atoms with Crippen molar-refractivity contribution in [2.24, 2.45) is 5.41 Å². The standard InChI is InChI=1S/C14H17NO4/c16-12(15-10-14(6-7-14)13(17)18)9-19-8-11-4-2-1-3-5-11/h1-5H,6-10H2,(H,15,16)(H,17,18). The highest BCUT2D eigenvalue weighted by Crippen LogP contribution is 2.45. The Morgan fingerprint density at radius 2 is 1.95 bits per heavy atom. The van der Waals surface area contributed by atoms with Gasteiger partial charge in [-0.3, -0.25) is 9.59 Å². The van der Waals surface area contributed by atoms with Crippen molar-refractivity contribution in [1.82, 2.24) is 5.32 Å². The summed E-state index contributed by atoms with van der Waals surface area (Å²) in [4.78, 5) is 22.4. The number of amides is 1. The molecule has 1 aromatic rings. The number of carbonyl (C=O) groups is 2. The lowest BCUT2D eigenvalue weighted by atomic mass is 10.1. The minimum absolute atomic E-state index is 0.0510. The Kier molecular flexibility index (Phi) is 4.16. The van der Waals surface area contributed by atoms with Gasteiger partial charge in [-0.05, 0) is 18.4 Å². The fourth-order valence-corrected chi connectivity index (χ4v) is 1.77. The number of nitrogens with one attached hydrogen (secondary N) is 1. The van der Waals surface area contributed by atoms with Crippen LogP contribution in [-0.2, 0) is 20.9 Å². The molecule has 2 rings (SSSR count). The molecule has 1 saturated carbocycles. The predicted octanol–water partition coefficient (Wildman–Crippen LogP) is 1.18. The molecule has 1 aliphatic rings. The molecule has 1 amide bonds. The van der Waals surface area contributed by atoms with Crippen LogP contribution in [0, 0.1) is 5.41 Å². The molecule has 1 fully saturated rings. The highest BCUT2D eigenvalue weighted by Gasteiger charge is 2.50. The summed E-state index contributed by atoms with van der Waals surface area (Å²) in [5, 5.41) is 11.6. The smallest absolute Gasteiger partial charge is 0.311 e. The zero-order chi connectivity index (χ0) is 13.7. The van der Waals surface area contributed by atoms with E-state index in [9.17, 15) is 9.59 Å². The first-order valence-corrected chi connectivity index (χ1v) is 6.24. The third-order valence-electron chi connectivity index (χ3n) is 3.28. The molecule has 0 radical (unpaired) electrons. The van der Waals surface area contributed by atoms with Gasteiger partial charge in [-0.1, -0.05) is 30.3 Å². The second kappa shape index (κ2) is 5.84. The second-order valence-corrected chi connectivity index (χ2v) is 4.84. The topological polar surface area (TPSA) is 75.6 Å². The fourth-order valence-electron chi connectivity index (χ4n) is 1.77. The Bertz CT molecular complexity index is 454. The van der Waals surface area contributed by atoms with Crippen molar-refractivity contribution in [2.45, 2.75) is 19.4 Å². The average Bonchev–Trinajstić information content (AvgIpc) is 3.19. The molecule has 0 spiro atoms. The monoisotopic (exact) mass is 263 g/mol. The van der Waals surface area contributed by atoms with Crippen molar-refractivity contribution >= 4 is 11.9 Å². The highest BCUT2D eigenvalue weighted by molar-refractivity contribution is 5.81. The summed E-state index contributed by atoms with van der Waals surface area (Å²) in [6.07, 6.45) is 1.26. The molecule has 0 unspecified atom stereocenters. The van der Waals surface area contributed by atoms with Gasteiger partial charge in [0.25, 0.3) is 0 Å².